The van der Waals surface area contributed by atoms with Crippen molar-refractivity contribution in [2.45, 2.75) is 38.0 Å². The van der Waals surface area contributed by atoms with Gasteiger partial charge in [-0.25, -0.2) is 9.59 Å². The van der Waals surface area contributed by atoms with E-state index < -0.39 is 30.3 Å². The SMILES string of the molecule is CC(O)C(NC(=O)N1CCC(O)CC1)C(=O)O. The standard InChI is InChI=1S/C10H18N2O5/c1-6(13)8(9(15)16)11-10(17)12-4-2-7(14)3-5-12/h6-8,13-14H,2-5H2,1H3,(H,11,17)(H,15,16). The van der Waals surface area contributed by atoms with Gasteiger partial charge in [-0.1, -0.05) is 0 Å². The van der Waals surface area contributed by atoms with E-state index in [2.05, 4.69) is 5.32 Å². The second kappa shape index (κ2) is 5.83. The number of aliphatic hydroxyl groups excluding tert-OH is 2. The summed E-state index contributed by atoms with van der Waals surface area (Å²) in [5, 5.41) is 29.5. The maximum absolute atomic E-state index is 11.7. The quantitative estimate of drug-likeness (QED) is 0.510. The van der Waals surface area contributed by atoms with Crippen LogP contribution in [0.5, 0.6) is 0 Å². The Morgan fingerprint density at radius 1 is 1.35 bits per heavy atom. The van der Waals surface area contributed by atoms with Crippen molar-refractivity contribution < 1.29 is 24.9 Å². The summed E-state index contributed by atoms with van der Waals surface area (Å²) in [6.45, 7) is 2.08. The summed E-state index contributed by atoms with van der Waals surface area (Å²) in [4.78, 5) is 23.9. The van der Waals surface area contributed by atoms with Crippen molar-refractivity contribution in [3.63, 3.8) is 0 Å². The minimum Gasteiger partial charge on any atom is -0.480 e. The summed E-state index contributed by atoms with van der Waals surface area (Å²) in [5.74, 6) is -1.27. The number of carboxylic acids is 1. The van der Waals surface area contributed by atoms with Gasteiger partial charge in [-0.05, 0) is 19.8 Å². The van der Waals surface area contributed by atoms with Crippen LogP contribution in [0.3, 0.4) is 0 Å². The van der Waals surface area contributed by atoms with Gasteiger partial charge in [0.2, 0.25) is 0 Å². The molecule has 0 aromatic heterocycles. The zero-order valence-corrected chi connectivity index (χ0v) is 9.67. The number of aliphatic carboxylic acids is 1. The number of urea groups is 1. The van der Waals surface area contributed by atoms with Gasteiger partial charge >= 0.3 is 12.0 Å². The van der Waals surface area contributed by atoms with E-state index >= 15 is 0 Å². The van der Waals surface area contributed by atoms with Gasteiger partial charge in [0.05, 0.1) is 12.2 Å². The van der Waals surface area contributed by atoms with Gasteiger partial charge in [-0.15, -0.1) is 0 Å². The fourth-order valence-electron chi connectivity index (χ4n) is 1.68. The molecule has 0 spiro atoms. The van der Waals surface area contributed by atoms with Crippen LogP contribution in [0.2, 0.25) is 0 Å². The van der Waals surface area contributed by atoms with Gasteiger partial charge in [0.25, 0.3) is 0 Å². The summed E-state index contributed by atoms with van der Waals surface area (Å²) < 4.78 is 0. The Morgan fingerprint density at radius 3 is 2.29 bits per heavy atom. The lowest BCUT2D eigenvalue weighted by Gasteiger charge is -2.31. The lowest BCUT2D eigenvalue weighted by molar-refractivity contribution is -0.141. The van der Waals surface area contributed by atoms with Gasteiger partial charge in [0, 0.05) is 13.1 Å². The van der Waals surface area contributed by atoms with E-state index in [1.54, 1.807) is 0 Å². The van der Waals surface area contributed by atoms with Crippen LogP contribution >= 0.6 is 0 Å². The largest absolute Gasteiger partial charge is 0.480 e. The molecule has 2 unspecified atom stereocenters. The van der Waals surface area contributed by atoms with Gasteiger partial charge in [-0.3, -0.25) is 0 Å². The first kappa shape index (κ1) is 13.7. The Balaban J connectivity index is 2.50. The predicted octanol–water partition coefficient (Wildman–Crippen LogP) is -1.01. The van der Waals surface area contributed by atoms with Crippen molar-refractivity contribution in [3.05, 3.63) is 0 Å². The third-order valence-corrected chi connectivity index (χ3v) is 2.78. The summed E-state index contributed by atoms with van der Waals surface area (Å²) >= 11 is 0. The van der Waals surface area contributed by atoms with Crippen molar-refractivity contribution in [3.8, 4) is 0 Å². The minimum absolute atomic E-state index is 0.388. The number of carbonyl (C=O) groups excluding carboxylic acids is 1. The third-order valence-electron chi connectivity index (χ3n) is 2.78. The van der Waals surface area contributed by atoms with Crippen LogP contribution in [-0.2, 0) is 4.79 Å². The van der Waals surface area contributed by atoms with Crippen LogP contribution in [0, 0.1) is 0 Å². The Labute approximate surface area is 99.0 Å². The minimum atomic E-state index is -1.31. The zero-order valence-electron chi connectivity index (χ0n) is 9.67. The monoisotopic (exact) mass is 246 g/mol. The highest BCUT2D eigenvalue weighted by Gasteiger charge is 2.28. The Kier molecular flexibility index (Phi) is 4.71. The van der Waals surface area contributed by atoms with E-state index in [4.69, 9.17) is 5.11 Å². The Hall–Kier alpha value is -1.34. The number of aliphatic hydroxyl groups is 2. The Bertz CT molecular complexity index is 286. The van der Waals surface area contributed by atoms with Gasteiger partial charge in [-0.2, -0.15) is 0 Å². The molecule has 98 valence electrons. The molecule has 0 saturated carbocycles. The highest BCUT2D eigenvalue weighted by Crippen LogP contribution is 2.10. The molecule has 0 aliphatic carbocycles. The molecule has 1 saturated heterocycles. The van der Waals surface area contributed by atoms with Gasteiger partial charge in [0.15, 0.2) is 6.04 Å². The lowest BCUT2D eigenvalue weighted by atomic mass is 10.1. The van der Waals surface area contributed by atoms with Crippen molar-refractivity contribution in [1.29, 1.82) is 0 Å². The van der Waals surface area contributed by atoms with Crippen molar-refractivity contribution in [1.82, 2.24) is 10.2 Å². The summed E-state index contributed by atoms with van der Waals surface area (Å²) in [6, 6.07) is -1.83. The molecule has 1 heterocycles. The molecule has 1 fully saturated rings. The molecule has 2 amide bonds. The number of rotatable bonds is 3. The highest BCUT2D eigenvalue weighted by molar-refractivity contribution is 5.83. The number of nitrogens with one attached hydrogen (secondary N) is 1. The molecule has 7 nitrogen and oxygen atoms in total. The first-order valence-corrected chi connectivity index (χ1v) is 5.56. The molecule has 1 rings (SSSR count). The van der Waals surface area contributed by atoms with E-state index in [1.165, 1.54) is 11.8 Å². The van der Waals surface area contributed by atoms with Crippen molar-refractivity contribution in [2.75, 3.05) is 13.1 Å². The molecule has 0 aromatic rings. The van der Waals surface area contributed by atoms with Crippen LogP contribution in [0.4, 0.5) is 4.79 Å². The predicted molar refractivity (Wildman–Crippen MR) is 58.5 cm³/mol. The molecule has 1 aliphatic heterocycles. The Morgan fingerprint density at radius 2 is 1.88 bits per heavy atom. The van der Waals surface area contributed by atoms with E-state index in [0.717, 1.165) is 0 Å². The topological polar surface area (TPSA) is 110 Å². The third kappa shape index (κ3) is 3.86. The highest BCUT2D eigenvalue weighted by atomic mass is 16.4. The molecule has 0 bridgehead atoms. The lowest BCUT2D eigenvalue weighted by Crippen LogP contribution is -2.54. The maximum Gasteiger partial charge on any atom is 0.328 e. The van der Waals surface area contributed by atoms with Crippen LogP contribution in [-0.4, -0.2) is 63.6 Å². The van der Waals surface area contributed by atoms with E-state index in [-0.39, 0.29) is 0 Å². The second-order valence-electron chi connectivity index (χ2n) is 4.22. The molecular weight excluding hydrogens is 228 g/mol. The van der Waals surface area contributed by atoms with Crippen LogP contribution in [0.1, 0.15) is 19.8 Å². The molecular formula is C10H18N2O5. The summed E-state index contributed by atoms with van der Waals surface area (Å²) in [5.41, 5.74) is 0. The van der Waals surface area contributed by atoms with E-state index in [0.29, 0.717) is 25.9 Å². The average molecular weight is 246 g/mol. The molecule has 4 N–H and O–H groups in total. The number of nitrogens with zero attached hydrogens (tertiary/aromatic N) is 1. The number of piperidine rings is 1. The van der Waals surface area contributed by atoms with Crippen LogP contribution in [0.15, 0.2) is 0 Å². The molecule has 1 aliphatic rings. The number of carboxylic acid groups (broad SMARTS) is 1. The normalized spacial score (nSPS) is 20.8. The number of hydrogen-bond acceptors (Lipinski definition) is 4. The smallest absolute Gasteiger partial charge is 0.328 e. The first-order valence-electron chi connectivity index (χ1n) is 5.56. The van der Waals surface area contributed by atoms with E-state index in [9.17, 15) is 19.8 Å². The summed E-state index contributed by atoms with van der Waals surface area (Å²) in [7, 11) is 0. The number of likely N-dealkylation sites (tertiary alicyclic amines) is 1. The van der Waals surface area contributed by atoms with Crippen molar-refractivity contribution in [2.24, 2.45) is 0 Å². The van der Waals surface area contributed by atoms with Crippen LogP contribution < -0.4 is 5.32 Å². The zero-order chi connectivity index (χ0) is 13.0. The number of carbonyl (C=O) groups is 2. The van der Waals surface area contributed by atoms with E-state index in [1.807, 2.05) is 0 Å². The first-order chi connectivity index (χ1) is 7.91. The second-order valence-corrected chi connectivity index (χ2v) is 4.22. The number of hydrogen-bond donors (Lipinski definition) is 4. The molecule has 0 radical (unpaired) electrons. The van der Waals surface area contributed by atoms with Crippen LogP contribution in [0.25, 0.3) is 0 Å². The summed E-state index contributed by atoms with van der Waals surface area (Å²) in [6.07, 6.45) is -0.586. The van der Waals surface area contributed by atoms with Gasteiger partial charge in [0.1, 0.15) is 0 Å². The molecule has 17 heavy (non-hydrogen) atoms. The fraction of sp³-hybridized carbons (Fsp3) is 0.800. The maximum atomic E-state index is 11.7. The number of amides is 2. The van der Waals surface area contributed by atoms with Gasteiger partial charge < -0.3 is 25.5 Å². The molecule has 7 heteroatoms. The molecule has 2 atom stereocenters. The average Bonchev–Trinajstić information content (AvgIpc) is 2.25. The van der Waals surface area contributed by atoms with Crippen molar-refractivity contribution >= 4 is 12.0 Å². The fourth-order valence-corrected chi connectivity index (χ4v) is 1.68. The molecule has 0 aromatic carbocycles.